The molecule has 3 nitrogen and oxygen atoms in total. The molecule has 160 valence electrons. The van der Waals surface area contributed by atoms with Crippen LogP contribution >= 0.6 is 0 Å². The molecule has 0 radical (unpaired) electrons. The van der Waals surface area contributed by atoms with Crippen molar-refractivity contribution in [2.75, 3.05) is 13.2 Å². The van der Waals surface area contributed by atoms with Gasteiger partial charge in [-0.15, -0.1) is 0 Å². The van der Waals surface area contributed by atoms with E-state index in [4.69, 9.17) is 9.47 Å². The molecule has 0 bridgehead atoms. The van der Waals surface area contributed by atoms with Crippen molar-refractivity contribution in [3.63, 3.8) is 0 Å². The minimum atomic E-state index is -0.0621. The number of aliphatic hydroxyl groups is 1. The zero-order chi connectivity index (χ0) is 20.0. The second kappa shape index (κ2) is 7.89. The van der Waals surface area contributed by atoms with E-state index in [9.17, 15) is 5.11 Å². The first-order chi connectivity index (χ1) is 14.1. The molecule has 5 unspecified atom stereocenters. The molecule has 1 heterocycles. The number of aliphatic hydroxyl groups excluding tert-OH is 1. The van der Waals surface area contributed by atoms with Gasteiger partial charge in [0.1, 0.15) is 5.75 Å². The van der Waals surface area contributed by atoms with Crippen LogP contribution in [-0.4, -0.2) is 24.6 Å². The van der Waals surface area contributed by atoms with Crippen molar-refractivity contribution in [3.8, 4) is 5.75 Å². The van der Waals surface area contributed by atoms with E-state index in [0.717, 1.165) is 55.3 Å². The highest BCUT2D eigenvalue weighted by Gasteiger charge is 2.55. The summed E-state index contributed by atoms with van der Waals surface area (Å²) in [6.45, 7) is 6.22. The van der Waals surface area contributed by atoms with Crippen LogP contribution in [0.2, 0.25) is 0 Å². The van der Waals surface area contributed by atoms with E-state index >= 15 is 0 Å². The maximum atomic E-state index is 9.57. The highest BCUT2D eigenvalue weighted by molar-refractivity contribution is 5.41. The van der Waals surface area contributed by atoms with Crippen LogP contribution in [0.1, 0.15) is 82.3 Å². The van der Waals surface area contributed by atoms with Gasteiger partial charge in [0.05, 0.1) is 6.61 Å². The van der Waals surface area contributed by atoms with Crippen LogP contribution in [0.5, 0.6) is 5.75 Å². The lowest BCUT2D eigenvalue weighted by molar-refractivity contribution is -0.105. The van der Waals surface area contributed by atoms with Gasteiger partial charge in [0.25, 0.3) is 0 Å². The van der Waals surface area contributed by atoms with Gasteiger partial charge in [-0.2, -0.15) is 0 Å². The summed E-state index contributed by atoms with van der Waals surface area (Å²) in [5, 5.41) is 9.57. The van der Waals surface area contributed by atoms with Crippen molar-refractivity contribution < 1.29 is 14.6 Å². The smallest absolute Gasteiger partial charge is 0.199 e. The normalized spacial score (nSPS) is 41.3. The highest BCUT2D eigenvalue weighted by Crippen LogP contribution is 2.64. The summed E-state index contributed by atoms with van der Waals surface area (Å²) in [5.41, 5.74) is 3.55. The van der Waals surface area contributed by atoms with E-state index in [1.807, 2.05) is 0 Å². The third-order valence-electron chi connectivity index (χ3n) is 9.12. The number of benzene rings is 1. The Labute approximate surface area is 176 Å². The Balaban J connectivity index is 1.37. The summed E-state index contributed by atoms with van der Waals surface area (Å²) >= 11 is 0. The second-order valence-corrected chi connectivity index (χ2v) is 10.6. The highest BCUT2D eigenvalue weighted by atomic mass is 16.7. The summed E-state index contributed by atoms with van der Waals surface area (Å²) in [5.74, 6) is 4.78. The molecule has 3 aliphatic carbocycles. The fourth-order valence-corrected chi connectivity index (χ4v) is 7.72. The van der Waals surface area contributed by atoms with E-state index in [1.165, 1.54) is 44.1 Å². The lowest BCUT2D eigenvalue weighted by Gasteiger charge is -2.53. The van der Waals surface area contributed by atoms with Gasteiger partial charge in [-0.3, -0.25) is 0 Å². The van der Waals surface area contributed by atoms with Gasteiger partial charge in [-0.25, -0.2) is 0 Å². The first-order valence-electron chi connectivity index (χ1n) is 12.1. The number of hydrogen-bond acceptors (Lipinski definition) is 3. The molecule has 4 aliphatic rings. The fraction of sp³-hybridized carbons (Fsp3) is 0.769. The molecule has 29 heavy (non-hydrogen) atoms. The molecule has 7 atom stereocenters. The Bertz CT molecular complexity index is 725. The maximum absolute atomic E-state index is 9.57. The van der Waals surface area contributed by atoms with Gasteiger partial charge in [-0.05, 0) is 110 Å². The van der Waals surface area contributed by atoms with E-state index in [2.05, 4.69) is 32.0 Å². The quantitative estimate of drug-likeness (QED) is 0.708. The van der Waals surface area contributed by atoms with Gasteiger partial charge in [-0.1, -0.05) is 19.9 Å². The van der Waals surface area contributed by atoms with Crippen molar-refractivity contribution in [3.05, 3.63) is 29.3 Å². The van der Waals surface area contributed by atoms with Crippen molar-refractivity contribution in [2.45, 2.75) is 83.8 Å². The molecule has 1 aliphatic heterocycles. The summed E-state index contributed by atoms with van der Waals surface area (Å²) in [6.07, 6.45) is 10.8. The second-order valence-electron chi connectivity index (χ2n) is 10.6. The molecule has 2 saturated carbocycles. The summed E-state index contributed by atoms with van der Waals surface area (Å²) in [4.78, 5) is 0. The molecule has 1 aromatic rings. The van der Waals surface area contributed by atoms with Crippen molar-refractivity contribution in [2.24, 2.45) is 29.1 Å². The van der Waals surface area contributed by atoms with Crippen LogP contribution in [0.3, 0.4) is 0 Å². The van der Waals surface area contributed by atoms with Gasteiger partial charge >= 0.3 is 0 Å². The molecule has 1 N–H and O–H groups in total. The summed E-state index contributed by atoms with van der Waals surface area (Å²) in [6, 6.07) is 6.89. The average Bonchev–Trinajstić information content (AvgIpc) is 3.05. The van der Waals surface area contributed by atoms with Gasteiger partial charge in [0.15, 0.2) is 6.29 Å². The topological polar surface area (TPSA) is 38.7 Å². The van der Waals surface area contributed by atoms with Crippen molar-refractivity contribution >= 4 is 0 Å². The Morgan fingerprint density at radius 1 is 1.17 bits per heavy atom. The number of fused-ring (bicyclic) bond motifs is 5. The van der Waals surface area contributed by atoms with Crippen LogP contribution in [-0.2, 0) is 11.2 Å². The average molecular weight is 399 g/mol. The third-order valence-corrected chi connectivity index (χ3v) is 9.12. The molecule has 5 rings (SSSR count). The minimum absolute atomic E-state index is 0.0621. The molecule has 0 spiro atoms. The predicted octanol–water partition coefficient (Wildman–Crippen LogP) is 5.69. The molecule has 1 saturated heterocycles. The predicted molar refractivity (Wildman–Crippen MR) is 115 cm³/mol. The first-order valence-corrected chi connectivity index (χ1v) is 12.1. The van der Waals surface area contributed by atoms with E-state index in [0.29, 0.717) is 17.9 Å². The maximum Gasteiger partial charge on any atom is 0.199 e. The van der Waals surface area contributed by atoms with Crippen molar-refractivity contribution in [1.29, 1.82) is 0 Å². The molecule has 0 aromatic heterocycles. The van der Waals surface area contributed by atoms with E-state index < -0.39 is 0 Å². The van der Waals surface area contributed by atoms with E-state index in [1.54, 1.807) is 5.56 Å². The molecular formula is C26H38O3. The standard InChI is InChI=1S/C26H38O3/c1-17-15-18-16-20(29-24-5-3-4-14-28-24)7-8-21(18)22-10-12-26(2)19(11-13-27)6-9-23(26)25(17)22/h7-8,16-17,19,22-25,27H,3-6,9-15H2,1-2H3/t17?,19-,22?,23?,24?,25?,26-/m1/s1. The first kappa shape index (κ1) is 19.9. The molecule has 1 aromatic carbocycles. The van der Waals surface area contributed by atoms with Crippen LogP contribution in [0.25, 0.3) is 0 Å². The zero-order valence-electron chi connectivity index (χ0n) is 18.2. The van der Waals surface area contributed by atoms with Gasteiger partial charge < -0.3 is 14.6 Å². The number of hydrogen-bond donors (Lipinski definition) is 1. The zero-order valence-corrected chi connectivity index (χ0v) is 18.2. The largest absolute Gasteiger partial charge is 0.465 e. The lowest BCUT2D eigenvalue weighted by atomic mass is 9.51. The molecule has 0 amide bonds. The summed E-state index contributed by atoms with van der Waals surface area (Å²) < 4.78 is 12.0. The van der Waals surface area contributed by atoms with Crippen LogP contribution in [0.15, 0.2) is 18.2 Å². The lowest BCUT2D eigenvalue weighted by Crippen LogP contribution is -2.45. The van der Waals surface area contributed by atoms with Crippen LogP contribution in [0, 0.1) is 29.1 Å². The Morgan fingerprint density at radius 3 is 2.86 bits per heavy atom. The number of ether oxygens (including phenoxy) is 2. The molecular weight excluding hydrogens is 360 g/mol. The Kier molecular flexibility index (Phi) is 5.41. The third kappa shape index (κ3) is 3.43. The monoisotopic (exact) mass is 398 g/mol. The Hall–Kier alpha value is -1.06. The number of rotatable bonds is 4. The minimum Gasteiger partial charge on any atom is -0.465 e. The molecule has 3 fully saturated rings. The van der Waals surface area contributed by atoms with Crippen LogP contribution in [0.4, 0.5) is 0 Å². The van der Waals surface area contributed by atoms with Crippen molar-refractivity contribution in [1.82, 2.24) is 0 Å². The van der Waals surface area contributed by atoms with Gasteiger partial charge in [0, 0.05) is 13.0 Å². The fourth-order valence-electron chi connectivity index (χ4n) is 7.72. The van der Waals surface area contributed by atoms with E-state index in [-0.39, 0.29) is 6.29 Å². The Morgan fingerprint density at radius 2 is 2.07 bits per heavy atom. The summed E-state index contributed by atoms with van der Waals surface area (Å²) in [7, 11) is 0. The SMILES string of the molecule is CC1Cc2cc(OC3CCCCO3)ccc2C2CC[C@@]3(C)C(CC[C@@H]3CCO)C12. The van der Waals surface area contributed by atoms with Gasteiger partial charge in [0.2, 0.25) is 0 Å². The van der Waals surface area contributed by atoms with Crippen LogP contribution < -0.4 is 4.74 Å². The molecule has 3 heteroatoms.